The van der Waals surface area contributed by atoms with Crippen molar-refractivity contribution in [1.82, 2.24) is 20.1 Å². The van der Waals surface area contributed by atoms with E-state index in [-0.39, 0.29) is 11.7 Å². The van der Waals surface area contributed by atoms with Gasteiger partial charge in [0.2, 0.25) is 0 Å². The first-order valence-electron chi connectivity index (χ1n) is 11.3. The quantitative estimate of drug-likeness (QED) is 0.306. The number of hydrogen-bond acceptors (Lipinski definition) is 6. The molecule has 1 aromatic heterocycles. The number of hydrogen-bond donors (Lipinski definition) is 1. The Labute approximate surface area is 213 Å². The SMILES string of the molecule is COc1ccc(C(=O)NC(Cc2ccccc2)c2nnc(SCc3ccccc3F)n2C)c(OC)c1. The molecular formula is C27H27FN4O3S. The summed E-state index contributed by atoms with van der Waals surface area (Å²) in [4.78, 5) is 13.3. The molecule has 0 aliphatic carbocycles. The van der Waals surface area contributed by atoms with Gasteiger partial charge in [0.1, 0.15) is 17.3 Å². The Bertz CT molecular complexity index is 1330. The summed E-state index contributed by atoms with van der Waals surface area (Å²) in [5, 5.41) is 12.4. The van der Waals surface area contributed by atoms with Crippen molar-refractivity contribution in [2.45, 2.75) is 23.4 Å². The normalized spacial score (nSPS) is 11.7. The van der Waals surface area contributed by atoms with Crippen LogP contribution >= 0.6 is 11.8 Å². The minimum Gasteiger partial charge on any atom is -0.497 e. The van der Waals surface area contributed by atoms with E-state index in [1.165, 1.54) is 24.9 Å². The molecular weight excluding hydrogens is 479 g/mol. The van der Waals surface area contributed by atoms with Gasteiger partial charge in [-0.05, 0) is 35.7 Å². The largest absolute Gasteiger partial charge is 0.497 e. The van der Waals surface area contributed by atoms with Crippen molar-refractivity contribution in [3.8, 4) is 11.5 Å². The fraction of sp³-hybridized carbons (Fsp3) is 0.222. The molecule has 0 saturated carbocycles. The number of thioether (sulfide) groups is 1. The van der Waals surface area contributed by atoms with Crippen molar-refractivity contribution < 1.29 is 18.7 Å². The monoisotopic (exact) mass is 506 g/mol. The van der Waals surface area contributed by atoms with Gasteiger partial charge in [0.25, 0.3) is 5.91 Å². The zero-order chi connectivity index (χ0) is 25.5. The second-order valence-corrected chi connectivity index (χ2v) is 9.00. The Morgan fingerprint density at radius 3 is 2.50 bits per heavy atom. The number of methoxy groups -OCH3 is 2. The van der Waals surface area contributed by atoms with Crippen LogP contribution in [0.15, 0.2) is 78.0 Å². The smallest absolute Gasteiger partial charge is 0.255 e. The van der Waals surface area contributed by atoms with Gasteiger partial charge in [-0.25, -0.2) is 4.39 Å². The molecule has 1 unspecified atom stereocenters. The summed E-state index contributed by atoms with van der Waals surface area (Å²) in [6.07, 6.45) is 0.509. The summed E-state index contributed by atoms with van der Waals surface area (Å²) < 4.78 is 26.6. The molecule has 1 N–H and O–H groups in total. The molecule has 4 rings (SSSR count). The predicted octanol–water partition coefficient (Wildman–Crippen LogP) is 4.98. The molecule has 0 bridgehead atoms. The Morgan fingerprint density at radius 2 is 1.78 bits per heavy atom. The van der Waals surface area contributed by atoms with Gasteiger partial charge in [-0.15, -0.1) is 10.2 Å². The second kappa shape index (κ2) is 11.7. The van der Waals surface area contributed by atoms with E-state index in [1.54, 1.807) is 43.5 Å². The third-order valence-electron chi connectivity index (χ3n) is 5.74. The van der Waals surface area contributed by atoms with Crippen LogP contribution in [0.4, 0.5) is 4.39 Å². The molecule has 0 fully saturated rings. The van der Waals surface area contributed by atoms with Gasteiger partial charge in [0.15, 0.2) is 11.0 Å². The number of ether oxygens (including phenoxy) is 2. The summed E-state index contributed by atoms with van der Waals surface area (Å²) in [5.74, 6) is 1.44. The lowest BCUT2D eigenvalue weighted by Crippen LogP contribution is -2.32. The first-order chi connectivity index (χ1) is 17.5. The van der Waals surface area contributed by atoms with Crippen LogP contribution in [0.2, 0.25) is 0 Å². The minimum absolute atomic E-state index is 0.255. The van der Waals surface area contributed by atoms with Crippen LogP contribution in [0.25, 0.3) is 0 Å². The van der Waals surface area contributed by atoms with Crippen LogP contribution in [0.5, 0.6) is 11.5 Å². The number of aromatic nitrogens is 3. The topological polar surface area (TPSA) is 78.3 Å². The van der Waals surface area contributed by atoms with E-state index in [0.717, 1.165) is 5.56 Å². The maximum absolute atomic E-state index is 14.1. The summed E-state index contributed by atoms with van der Waals surface area (Å²) in [6, 6.07) is 21.1. The number of amides is 1. The van der Waals surface area contributed by atoms with Crippen LogP contribution in [0.3, 0.4) is 0 Å². The van der Waals surface area contributed by atoms with E-state index in [4.69, 9.17) is 9.47 Å². The van der Waals surface area contributed by atoms with Crippen molar-refractivity contribution in [3.63, 3.8) is 0 Å². The Morgan fingerprint density at radius 1 is 1.03 bits per heavy atom. The van der Waals surface area contributed by atoms with E-state index in [2.05, 4.69) is 15.5 Å². The molecule has 1 atom stereocenters. The minimum atomic E-state index is -0.466. The summed E-state index contributed by atoms with van der Waals surface area (Å²) in [5.41, 5.74) is 2.01. The third-order valence-corrected chi connectivity index (χ3v) is 6.81. The number of nitrogens with zero attached hydrogens (tertiary/aromatic N) is 3. The van der Waals surface area contributed by atoms with Crippen molar-refractivity contribution in [3.05, 3.63) is 101 Å². The van der Waals surface area contributed by atoms with E-state index in [1.807, 2.05) is 41.9 Å². The van der Waals surface area contributed by atoms with Crippen LogP contribution < -0.4 is 14.8 Å². The summed E-state index contributed by atoms with van der Waals surface area (Å²) >= 11 is 1.39. The predicted molar refractivity (Wildman–Crippen MR) is 137 cm³/mol. The van der Waals surface area contributed by atoms with Gasteiger partial charge in [0, 0.05) is 18.9 Å². The highest BCUT2D eigenvalue weighted by Gasteiger charge is 2.24. The van der Waals surface area contributed by atoms with Crippen LogP contribution in [0.1, 0.15) is 33.4 Å². The third kappa shape index (κ3) is 5.85. The molecule has 4 aromatic rings. The van der Waals surface area contributed by atoms with E-state index in [0.29, 0.717) is 45.8 Å². The van der Waals surface area contributed by atoms with Gasteiger partial charge in [-0.1, -0.05) is 60.3 Å². The zero-order valence-electron chi connectivity index (χ0n) is 20.3. The molecule has 186 valence electrons. The average molecular weight is 507 g/mol. The molecule has 0 aliphatic rings. The summed E-state index contributed by atoms with van der Waals surface area (Å²) in [6.45, 7) is 0. The Balaban J connectivity index is 1.59. The maximum Gasteiger partial charge on any atom is 0.255 e. The highest BCUT2D eigenvalue weighted by molar-refractivity contribution is 7.98. The number of carbonyl (C=O) groups is 1. The van der Waals surface area contributed by atoms with Crippen molar-refractivity contribution in [2.75, 3.05) is 14.2 Å². The fourth-order valence-corrected chi connectivity index (χ4v) is 4.70. The fourth-order valence-electron chi connectivity index (χ4n) is 3.79. The summed E-state index contributed by atoms with van der Waals surface area (Å²) in [7, 11) is 4.91. The number of halogens is 1. The molecule has 1 heterocycles. The average Bonchev–Trinajstić information content (AvgIpc) is 3.27. The molecule has 0 radical (unpaired) electrons. The molecule has 1 amide bonds. The molecule has 0 aliphatic heterocycles. The number of rotatable bonds is 10. The van der Waals surface area contributed by atoms with Gasteiger partial charge >= 0.3 is 0 Å². The molecule has 9 heteroatoms. The number of nitrogens with one attached hydrogen (secondary N) is 1. The van der Waals surface area contributed by atoms with Crippen molar-refractivity contribution in [1.29, 1.82) is 0 Å². The van der Waals surface area contributed by atoms with Gasteiger partial charge < -0.3 is 19.4 Å². The lowest BCUT2D eigenvalue weighted by molar-refractivity contribution is 0.0931. The van der Waals surface area contributed by atoms with Gasteiger partial charge in [-0.3, -0.25) is 4.79 Å². The Hall–Kier alpha value is -3.85. The molecule has 7 nitrogen and oxygen atoms in total. The lowest BCUT2D eigenvalue weighted by Gasteiger charge is -2.19. The highest BCUT2D eigenvalue weighted by atomic mass is 32.2. The van der Waals surface area contributed by atoms with Crippen molar-refractivity contribution in [2.24, 2.45) is 7.05 Å². The van der Waals surface area contributed by atoms with Crippen LogP contribution in [-0.2, 0) is 19.2 Å². The zero-order valence-corrected chi connectivity index (χ0v) is 21.1. The van der Waals surface area contributed by atoms with Crippen molar-refractivity contribution >= 4 is 17.7 Å². The van der Waals surface area contributed by atoms with Gasteiger partial charge in [-0.2, -0.15) is 0 Å². The van der Waals surface area contributed by atoms with E-state index >= 15 is 0 Å². The highest BCUT2D eigenvalue weighted by Crippen LogP contribution is 2.28. The molecule has 36 heavy (non-hydrogen) atoms. The molecule has 0 saturated heterocycles. The first-order valence-corrected chi connectivity index (χ1v) is 12.3. The first kappa shape index (κ1) is 25.2. The Kier molecular flexibility index (Phi) is 8.22. The van der Waals surface area contributed by atoms with E-state index in [9.17, 15) is 9.18 Å². The molecule has 3 aromatic carbocycles. The molecule has 0 spiro atoms. The lowest BCUT2D eigenvalue weighted by atomic mass is 10.0. The van der Waals surface area contributed by atoms with Crippen LogP contribution in [-0.4, -0.2) is 34.9 Å². The maximum atomic E-state index is 14.1. The van der Waals surface area contributed by atoms with Gasteiger partial charge in [0.05, 0.1) is 25.8 Å². The number of carbonyl (C=O) groups excluding carboxylic acids is 1. The second-order valence-electron chi connectivity index (χ2n) is 8.06. The van der Waals surface area contributed by atoms with E-state index < -0.39 is 6.04 Å². The number of benzene rings is 3. The van der Waals surface area contributed by atoms with Crippen LogP contribution in [0, 0.1) is 5.82 Å². The standard InChI is InChI=1S/C27H27FN4O3S/c1-32-25(30-31-27(32)36-17-19-11-7-8-12-22(19)28)23(15-18-9-5-4-6-10-18)29-26(33)21-14-13-20(34-2)16-24(21)35-3/h4-14,16,23H,15,17H2,1-3H3,(H,29,33).